The molecule has 4 nitrogen and oxygen atoms in total. The molecule has 2 rings (SSSR count). The van der Waals surface area contributed by atoms with Crippen molar-refractivity contribution >= 4 is 30.2 Å². The molecule has 2 aromatic carbocycles. The molecular formula is C17H16NNaO3S. The first-order valence-electron chi connectivity index (χ1n) is 6.87. The van der Waals surface area contributed by atoms with E-state index in [2.05, 4.69) is 17.9 Å². The molecule has 114 valence electrons. The van der Waals surface area contributed by atoms with Crippen LogP contribution in [0.3, 0.4) is 0 Å². The van der Waals surface area contributed by atoms with Crippen LogP contribution in [0.4, 0.5) is 5.69 Å². The monoisotopic (exact) mass is 337 g/mol. The van der Waals surface area contributed by atoms with Crippen LogP contribution in [0.15, 0.2) is 54.6 Å². The quantitative estimate of drug-likeness (QED) is 0.513. The Morgan fingerprint density at radius 3 is 2.39 bits per heavy atom. The number of aromatic carboxylic acids is 1. The Labute approximate surface area is 163 Å². The van der Waals surface area contributed by atoms with Crippen LogP contribution < -0.4 is 40.0 Å². The molecule has 1 unspecified atom stereocenters. The second kappa shape index (κ2) is 9.78. The molecule has 0 bridgehead atoms. The van der Waals surface area contributed by atoms with Crippen molar-refractivity contribution in [1.29, 1.82) is 0 Å². The molecule has 0 aliphatic heterocycles. The molecule has 0 aliphatic rings. The third-order valence-electron chi connectivity index (χ3n) is 3.28. The summed E-state index contributed by atoms with van der Waals surface area (Å²) in [6.07, 6.45) is 0.580. The largest absolute Gasteiger partial charge is 1.00 e. The summed E-state index contributed by atoms with van der Waals surface area (Å²) >= 11 is 4.24. The van der Waals surface area contributed by atoms with Crippen LogP contribution in [0.1, 0.15) is 15.9 Å². The van der Waals surface area contributed by atoms with Crippen molar-refractivity contribution in [3.63, 3.8) is 0 Å². The zero-order valence-electron chi connectivity index (χ0n) is 12.9. The fourth-order valence-corrected chi connectivity index (χ4v) is 2.40. The van der Waals surface area contributed by atoms with Crippen LogP contribution in [0.5, 0.6) is 0 Å². The summed E-state index contributed by atoms with van der Waals surface area (Å²) in [5.41, 5.74) is 1.52. The number of carboxylic acids is 1. The number of carbonyl (C=O) groups is 2. The van der Waals surface area contributed by atoms with Crippen LogP contribution in [0.2, 0.25) is 0 Å². The smallest absolute Gasteiger partial charge is 0.545 e. The van der Waals surface area contributed by atoms with E-state index < -0.39 is 5.97 Å². The predicted molar refractivity (Wildman–Crippen MR) is 86.9 cm³/mol. The Morgan fingerprint density at radius 1 is 1.09 bits per heavy atom. The number of nitrogens with one attached hydrogen (secondary N) is 1. The summed E-state index contributed by atoms with van der Waals surface area (Å²) in [4.78, 5) is 23.1. The summed E-state index contributed by atoms with van der Waals surface area (Å²) in [5.74, 6) is -1.35. The first kappa shape index (κ1) is 19.8. The first-order chi connectivity index (χ1) is 10.6. The van der Waals surface area contributed by atoms with E-state index in [0.29, 0.717) is 17.9 Å². The van der Waals surface area contributed by atoms with Gasteiger partial charge in [-0.3, -0.25) is 4.79 Å². The van der Waals surface area contributed by atoms with Gasteiger partial charge in [0.05, 0.1) is 11.9 Å². The fourth-order valence-electron chi connectivity index (χ4n) is 2.11. The molecule has 1 N–H and O–H groups in total. The maximum absolute atomic E-state index is 12.3. The third kappa shape index (κ3) is 6.03. The van der Waals surface area contributed by atoms with Gasteiger partial charge in [0.15, 0.2) is 0 Å². The molecule has 0 aromatic heterocycles. The van der Waals surface area contributed by atoms with Gasteiger partial charge in [0, 0.05) is 11.4 Å². The number of anilines is 1. The van der Waals surface area contributed by atoms with Crippen molar-refractivity contribution < 1.29 is 44.3 Å². The Hall–Kier alpha value is -1.27. The van der Waals surface area contributed by atoms with Crippen molar-refractivity contribution in [3.05, 3.63) is 65.7 Å². The predicted octanol–water partition coefficient (Wildman–Crippen LogP) is -1.22. The number of thiol groups is 1. The zero-order chi connectivity index (χ0) is 15.9. The van der Waals surface area contributed by atoms with Gasteiger partial charge in [0.1, 0.15) is 0 Å². The van der Waals surface area contributed by atoms with E-state index in [-0.39, 0.29) is 46.9 Å². The van der Waals surface area contributed by atoms with Crippen LogP contribution in [-0.2, 0) is 11.2 Å². The molecule has 6 heteroatoms. The molecule has 0 radical (unpaired) electrons. The minimum absolute atomic E-state index is 0. The molecular weight excluding hydrogens is 321 g/mol. The van der Waals surface area contributed by atoms with Crippen molar-refractivity contribution in [2.24, 2.45) is 5.92 Å². The molecule has 23 heavy (non-hydrogen) atoms. The van der Waals surface area contributed by atoms with Gasteiger partial charge in [0.25, 0.3) is 0 Å². The molecule has 2 aromatic rings. The van der Waals surface area contributed by atoms with E-state index >= 15 is 0 Å². The van der Waals surface area contributed by atoms with Crippen molar-refractivity contribution in [2.45, 2.75) is 6.42 Å². The van der Waals surface area contributed by atoms with Crippen molar-refractivity contribution in [1.82, 2.24) is 0 Å². The van der Waals surface area contributed by atoms with Crippen molar-refractivity contribution in [2.75, 3.05) is 11.1 Å². The van der Waals surface area contributed by atoms with Gasteiger partial charge < -0.3 is 15.2 Å². The summed E-state index contributed by atoms with van der Waals surface area (Å²) in [7, 11) is 0. The van der Waals surface area contributed by atoms with E-state index in [1.165, 1.54) is 12.1 Å². The number of amides is 1. The molecule has 0 aliphatic carbocycles. The molecule has 0 spiro atoms. The first-order valence-corrected chi connectivity index (χ1v) is 7.50. The number of hydrogen-bond donors (Lipinski definition) is 2. The summed E-state index contributed by atoms with van der Waals surface area (Å²) < 4.78 is 0. The summed E-state index contributed by atoms with van der Waals surface area (Å²) in [6.45, 7) is 0. The number of hydrogen-bond acceptors (Lipinski definition) is 4. The molecule has 0 fully saturated rings. The van der Waals surface area contributed by atoms with Gasteiger partial charge in [0.2, 0.25) is 5.91 Å². The standard InChI is InChI=1S/C17H17NO3S.Na/c19-16(14(11-22)9-12-5-2-1-3-6-12)18-15-8-4-7-13(10-15)17(20)21;/h1-8,10,14,22H,9,11H2,(H,18,19)(H,20,21);/q;+1/p-1. The van der Waals surface area contributed by atoms with Crippen LogP contribution in [0.25, 0.3) is 0 Å². The SMILES string of the molecule is O=C([O-])c1cccc(NC(=O)C(CS)Cc2ccccc2)c1.[Na+]. The van der Waals surface area contributed by atoms with Crippen molar-refractivity contribution in [3.8, 4) is 0 Å². The maximum Gasteiger partial charge on any atom is 1.00 e. The van der Waals surface area contributed by atoms with E-state index in [4.69, 9.17) is 0 Å². The van der Waals surface area contributed by atoms with Crippen LogP contribution in [0, 0.1) is 5.92 Å². The normalized spacial score (nSPS) is 11.2. The Morgan fingerprint density at radius 2 is 1.78 bits per heavy atom. The number of benzene rings is 2. The fraction of sp³-hybridized carbons (Fsp3) is 0.176. The second-order valence-electron chi connectivity index (χ2n) is 4.93. The van der Waals surface area contributed by atoms with E-state index in [1.54, 1.807) is 12.1 Å². The minimum atomic E-state index is -1.27. The van der Waals surface area contributed by atoms with Crippen LogP contribution >= 0.6 is 12.6 Å². The molecule has 0 heterocycles. The van der Waals surface area contributed by atoms with Gasteiger partial charge in [-0.1, -0.05) is 42.5 Å². The Balaban J connectivity index is 0.00000264. The van der Waals surface area contributed by atoms with Gasteiger partial charge >= 0.3 is 29.6 Å². The molecule has 0 saturated heterocycles. The van der Waals surface area contributed by atoms with Crippen LogP contribution in [-0.4, -0.2) is 17.6 Å². The van der Waals surface area contributed by atoms with Gasteiger partial charge in [-0.15, -0.1) is 0 Å². The number of rotatable bonds is 6. The Bertz CT molecular complexity index is 664. The summed E-state index contributed by atoms with van der Waals surface area (Å²) in [6, 6.07) is 15.7. The van der Waals surface area contributed by atoms with Gasteiger partial charge in [-0.2, -0.15) is 12.6 Å². The number of carbonyl (C=O) groups excluding carboxylic acids is 2. The third-order valence-corrected chi connectivity index (χ3v) is 3.72. The molecule has 1 atom stereocenters. The molecule has 1 amide bonds. The average molecular weight is 337 g/mol. The Kier molecular flexibility index (Phi) is 8.41. The molecule has 0 saturated carbocycles. The zero-order valence-corrected chi connectivity index (χ0v) is 15.8. The van der Waals surface area contributed by atoms with E-state index in [1.807, 2.05) is 30.3 Å². The van der Waals surface area contributed by atoms with Gasteiger partial charge in [-0.25, -0.2) is 0 Å². The van der Waals surface area contributed by atoms with E-state index in [9.17, 15) is 14.7 Å². The van der Waals surface area contributed by atoms with Gasteiger partial charge in [-0.05, 0) is 29.7 Å². The van der Waals surface area contributed by atoms with E-state index in [0.717, 1.165) is 5.56 Å². The number of carboxylic acid groups (broad SMARTS) is 1. The second-order valence-corrected chi connectivity index (χ2v) is 5.29. The maximum atomic E-state index is 12.3. The summed E-state index contributed by atoms with van der Waals surface area (Å²) in [5, 5.41) is 13.6. The topological polar surface area (TPSA) is 69.2 Å². The minimum Gasteiger partial charge on any atom is -0.545 e. The average Bonchev–Trinajstić information content (AvgIpc) is 2.53.